The molecule has 0 radical (unpaired) electrons. The molecule has 2 atom stereocenters. The minimum atomic E-state index is 0.616. The Morgan fingerprint density at radius 3 is 0.922 bits per heavy atom. The van der Waals surface area contributed by atoms with Gasteiger partial charge in [-0.05, 0) is 32.6 Å². The second kappa shape index (κ2) is 38.9. The molecular formula is C49H97N2+. The average Bonchev–Trinajstić information content (AvgIpc) is 3.63. The molecule has 1 heterocycles. The highest BCUT2D eigenvalue weighted by atomic mass is 15.1. The van der Waals surface area contributed by atoms with E-state index >= 15 is 0 Å². The molecule has 0 saturated carbocycles. The van der Waals surface area contributed by atoms with Crippen LogP contribution in [0.2, 0.25) is 0 Å². The summed E-state index contributed by atoms with van der Waals surface area (Å²) in [5, 5.41) is 0. The molecule has 0 saturated heterocycles. The van der Waals surface area contributed by atoms with Gasteiger partial charge in [0.05, 0.1) is 12.0 Å². The summed E-state index contributed by atoms with van der Waals surface area (Å²) in [5.41, 5.74) is 0. The van der Waals surface area contributed by atoms with Gasteiger partial charge in [0.15, 0.2) is 0 Å². The quantitative estimate of drug-likeness (QED) is 0.0514. The number of nitrogens with one attached hydrogen (secondary N) is 1. The SMILES string of the molecule is CCCCCCCCCCCCCCCC(CCCCCCCCCCCCC)c1[nH]cc[n+]1C(C)CCCCCCCCCCCCCCC. The number of unbranched alkanes of at least 4 members (excludes halogenated alkanes) is 34. The third-order valence-electron chi connectivity index (χ3n) is 12.1. The van der Waals surface area contributed by atoms with Gasteiger partial charge in [-0.1, -0.05) is 252 Å². The third-order valence-corrected chi connectivity index (χ3v) is 12.1. The first-order valence-electron chi connectivity index (χ1n) is 24.3. The lowest BCUT2D eigenvalue weighted by Gasteiger charge is -2.17. The van der Waals surface area contributed by atoms with E-state index in [-0.39, 0.29) is 0 Å². The summed E-state index contributed by atoms with van der Waals surface area (Å²) < 4.78 is 2.66. The van der Waals surface area contributed by atoms with E-state index in [1.165, 1.54) is 257 Å². The molecule has 2 nitrogen and oxygen atoms in total. The van der Waals surface area contributed by atoms with Gasteiger partial charge in [-0.15, -0.1) is 0 Å². The predicted octanol–water partition coefficient (Wildman–Crippen LogP) is 17.6. The molecule has 0 aliphatic rings. The van der Waals surface area contributed by atoms with E-state index in [0.717, 1.165) is 0 Å². The number of hydrogen-bond donors (Lipinski definition) is 1. The first-order valence-corrected chi connectivity index (χ1v) is 24.3. The van der Waals surface area contributed by atoms with Crippen LogP contribution in [0, 0.1) is 0 Å². The molecule has 1 aromatic heterocycles. The minimum absolute atomic E-state index is 0.616. The van der Waals surface area contributed by atoms with Crippen LogP contribution in [0.4, 0.5) is 0 Å². The van der Waals surface area contributed by atoms with Gasteiger partial charge in [-0.25, -0.2) is 9.55 Å². The molecule has 2 unspecified atom stereocenters. The number of aromatic nitrogens is 2. The third kappa shape index (κ3) is 30.3. The van der Waals surface area contributed by atoms with E-state index in [1.54, 1.807) is 5.82 Å². The molecule has 0 spiro atoms. The van der Waals surface area contributed by atoms with E-state index in [9.17, 15) is 0 Å². The zero-order chi connectivity index (χ0) is 36.7. The summed E-state index contributed by atoms with van der Waals surface area (Å²) in [5.74, 6) is 2.25. The monoisotopic (exact) mass is 714 g/mol. The maximum absolute atomic E-state index is 3.79. The highest BCUT2D eigenvalue weighted by Crippen LogP contribution is 2.28. The summed E-state index contributed by atoms with van der Waals surface area (Å²) in [7, 11) is 0. The van der Waals surface area contributed by atoms with Crippen LogP contribution in [0.5, 0.6) is 0 Å². The second-order valence-electron chi connectivity index (χ2n) is 17.2. The fourth-order valence-electron chi connectivity index (χ4n) is 8.55. The van der Waals surface area contributed by atoms with Crippen molar-refractivity contribution in [2.45, 2.75) is 296 Å². The van der Waals surface area contributed by atoms with Crippen molar-refractivity contribution in [2.24, 2.45) is 0 Å². The second-order valence-corrected chi connectivity index (χ2v) is 17.2. The highest BCUT2D eigenvalue weighted by molar-refractivity contribution is 4.90. The molecule has 0 aliphatic carbocycles. The van der Waals surface area contributed by atoms with Crippen LogP contribution >= 0.6 is 0 Å². The number of aromatic amines is 1. The summed E-state index contributed by atoms with van der Waals surface area (Å²) in [6.45, 7) is 9.44. The van der Waals surface area contributed by atoms with Crippen LogP contribution in [0.1, 0.15) is 302 Å². The molecule has 0 fully saturated rings. The largest absolute Gasteiger partial charge is 0.257 e. The maximum atomic E-state index is 3.79. The molecular weight excluding hydrogens is 617 g/mol. The zero-order valence-corrected chi connectivity index (χ0v) is 36.0. The Morgan fingerprint density at radius 1 is 0.373 bits per heavy atom. The lowest BCUT2D eigenvalue weighted by Crippen LogP contribution is -2.41. The van der Waals surface area contributed by atoms with Crippen molar-refractivity contribution in [3.05, 3.63) is 18.2 Å². The summed E-state index contributed by atoms with van der Waals surface area (Å²) >= 11 is 0. The molecule has 0 aromatic carbocycles. The first kappa shape index (κ1) is 48.2. The van der Waals surface area contributed by atoms with Gasteiger partial charge < -0.3 is 0 Å². The Morgan fingerprint density at radius 2 is 0.627 bits per heavy atom. The van der Waals surface area contributed by atoms with Crippen molar-refractivity contribution < 1.29 is 4.57 Å². The van der Waals surface area contributed by atoms with Gasteiger partial charge in [-0.2, -0.15) is 0 Å². The first-order chi connectivity index (χ1) is 25.2. The molecule has 51 heavy (non-hydrogen) atoms. The lowest BCUT2D eigenvalue weighted by molar-refractivity contribution is -0.727. The minimum Gasteiger partial charge on any atom is -0.247 e. The van der Waals surface area contributed by atoms with Gasteiger partial charge in [0, 0.05) is 0 Å². The summed E-state index contributed by atoms with van der Waals surface area (Å²) in [6.07, 6.45) is 62.1. The van der Waals surface area contributed by atoms with E-state index in [1.807, 2.05) is 0 Å². The number of hydrogen-bond acceptors (Lipinski definition) is 0. The molecule has 0 aliphatic heterocycles. The number of rotatable bonds is 42. The fraction of sp³-hybridized carbons (Fsp3) is 0.939. The van der Waals surface area contributed by atoms with Crippen LogP contribution in [-0.2, 0) is 0 Å². The Bertz CT molecular complexity index is 783. The fourth-order valence-corrected chi connectivity index (χ4v) is 8.55. The Kier molecular flexibility index (Phi) is 36.8. The zero-order valence-electron chi connectivity index (χ0n) is 36.0. The van der Waals surface area contributed by atoms with Gasteiger partial charge in [0.1, 0.15) is 12.4 Å². The van der Waals surface area contributed by atoms with E-state index < -0.39 is 0 Å². The molecule has 0 amide bonds. The molecule has 1 aromatic rings. The summed E-state index contributed by atoms with van der Waals surface area (Å²) in [4.78, 5) is 3.79. The van der Waals surface area contributed by atoms with Crippen LogP contribution < -0.4 is 4.57 Å². The van der Waals surface area contributed by atoms with Crippen molar-refractivity contribution in [3.8, 4) is 0 Å². The number of imidazole rings is 1. The Balaban J connectivity index is 2.37. The van der Waals surface area contributed by atoms with Gasteiger partial charge in [-0.3, -0.25) is 0 Å². The molecule has 1 rings (SSSR count). The van der Waals surface area contributed by atoms with E-state index in [4.69, 9.17) is 0 Å². The van der Waals surface area contributed by atoms with E-state index in [2.05, 4.69) is 49.6 Å². The predicted molar refractivity (Wildman–Crippen MR) is 230 cm³/mol. The van der Waals surface area contributed by atoms with Crippen LogP contribution in [0.3, 0.4) is 0 Å². The van der Waals surface area contributed by atoms with Crippen LogP contribution in [0.25, 0.3) is 0 Å². The number of H-pyrrole nitrogens is 1. The number of nitrogens with zero attached hydrogens (tertiary/aromatic N) is 1. The lowest BCUT2D eigenvalue weighted by atomic mass is 9.92. The summed E-state index contributed by atoms with van der Waals surface area (Å²) in [6, 6.07) is 0.616. The van der Waals surface area contributed by atoms with Crippen molar-refractivity contribution in [1.82, 2.24) is 4.98 Å². The highest BCUT2D eigenvalue weighted by Gasteiger charge is 2.25. The van der Waals surface area contributed by atoms with E-state index in [0.29, 0.717) is 12.0 Å². The van der Waals surface area contributed by atoms with Gasteiger partial charge >= 0.3 is 0 Å². The van der Waals surface area contributed by atoms with Crippen LogP contribution in [-0.4, -0.2) is 4.98 Å². The molecule has 1 N–H and O–H groups in total. The van der Waals surface area contributed by atoms with Crippen molar-refractivity contribution in [3.63, 3.8) is 0 Å². The standard InChI is InChI=1S/C49H96N2/c1-5-8-11-14-17-20-23-25-28-30-33-36-39-42-47(4)51-46-45-50-49(51)48(43-40-37-34-31-27-22-19-16-13-10-7-3)44-41-38-35-32-29-26-24-21-18-15-12-9-6-2/h45-48H,5-44H2,1-4H3/p+1. The Hall–Kier alpha value is -0.790. The smallest absolute Gasteiger partial charge is 0.247 e. The molecule has 302 valence electrons. The van der Waals surface area contributed by atoms with Crippen LogP contribution in [0.15, 0.2) is 12.4 Å². The Labute approximate surface area is 323 Å². The average molecular weight is 714 g/mol. The van der Waals surface area contributed by atoms with Crippen molar-refractivity contribution >= 4 is 0 Å². The molecule has 2 heteroatoms. The topological polar surface area (TPSA) is 19.7 Å². The maximum Gasteiger partial charge on any atom is 0.257 e. The normalized spacial score (nSPS) is 12.9. The van der Waals surface area contributed by atoms with Gasteiger partial charge in [0.25, 0.3) is 5.82 Å². The van der Waals surface area contributed by atoms with Gasteiger partial charge in [0.2, 0.25) is 0 Å². The van der Waals surface area contributed by atoms with Crippen molar-refractivity contribution in [1.29, 1.82) is 0 Å². The van der Waals surface area contributed by atoms with Crippen molar-refractivity contribution in [2.75, 3.05) is 0 Å². The molecule has 0 bridgehead atoms.